The minimum Gasteiger partial charge on any atom is -0.327 e. The lowest BCUT2D eigenvalue weighted by atomic mass is 9.91. The summed E-state index contributed by atoms with van der Waals surface area (Å²) in [4.78, 5) is 1.40. The molecule has 0 bridgehead atoms. The lowest BCUT2D eigenvalue weighted by Crippen LogP contribution is -2.25. The van der Waals surface area contributed by atoms with Crippen LogP contribution in [0, 0.1) is 12.8 Å². The van der Waals surface area contributed by atoms with Gasteiger partial charge in [-0.2, -0.15) is 0 Å². The fraction of sp³-hybridized carbons (Fsp3) is 0.444. The van der Waals surface area contributed by atoms with Gasteiger partial charge in [0.15, 0.2) is 0 Å². The van der Waals surface area contributed by atoms with Crippen molar-refractivity contribution in [2.45, 2.75) is 45.6 Å². The molecule has 0 aliphatic heterocycles. The van der Waals surface area contributed by atoms with Crippen molar-refractivity contribution in [2.75, 3.05) is 0 Å². The summed E-state index contributed by atoms with van der Waals surface area (Å²) in [5.74, 6) is 0.481. The molecule has 3 rings (SSSR count). The Morgan fingerprint density at radius 3 is 2.85 bits per heavy atom. The second-order valence-corrected chi connectivity index (χ2v) is 7.04. The zero-order chi connectivity index (χ0) is 14.3. The Kier molecular flexibility index (Phi) is 3.70. The molecule has 0 amide bonds. The van der Waals surface area contributed by atoms with Crippen LogP contribution in [0.4, 0.5) is 0 Å². The smallest absolute Gasteiger partial charge is 0.0354 e. The summed E-state index contributed by atoms with van der Waals surface area (Å²) in [7, 11) is 0. The molecule has 106 valence electrons. The quantitative estimate of drug-likeness (QED) is 0.851. The van der Waals surface area contributed by atoms with Crippen molar-refractivity contribution >= 4 is 27.0 Å². The molecule has 1 nitrogen and oxygen atoms in total. The molecule has 2 atom stereocenters. The van der Waals surface area contributed by atoms with Crippen molar-refractivity contribution < 1.29 is 0 Å². The predicted octanol–water partition coefficient (Wildman–Crippen LogP) is 4.91. The van der Waals surface area contributed by atoms with Gasteiger partial charge in [-0.05, 0) is 60.3 Å². The third kappa shape index (κ3) is 2.21. The number of nitrogens with two attached hydrogens (primary N) is 1. The third-order valence-electron chi connectivity index (χ3n) is 4.61. The lowest BCUT2D eigenvalue weighted by Gasteiger charge is -2.18. The van der Waals surface area contributed by atoms with Crippen LogP contribution < -0.4 is 5.73 Å². The van der Waals surface area contributed by atoms with Gasteiger partial charge < -0.3 is 5.73 Å². The summed E-state index contributed by atoms with van der Waals surface area (Å²) in [6.45, 7) is 8.82. The zero-order valence-electron chi connectivity index (χ0n) is 12.4. The Labute approximate surface area is 125 Å². The molecule has 1 aromatic heterocycles. The first kappa shape index (κ1) is 13.8. The maximum absolute atomic E-state index is 6.27. The highest BCUT2D eigenvalue weighted by molar-refractivity contribution is 7.20. The van der Waals surface area contributed by atoms with Gasteiger partial charge in [0.2, 0.25) is 0 Å². The van der Waals surface area contributed by atoms with Gasteiger partial charge in [-0.1, -0.05) is 32.1 Å². The van der Waals surface area contributed by atoms with Crippen LogP contribution in [0.1, 0.15) is 42.2 Å². The first-order chi connectivity index (χ1) is 9.61. The summed E-state index contributed by atoms with van der Waals surface area (Å²) in [6, 6.07) is 7.08. The van der Waals surface area contributed by atoms with Crippen LogP contribution >= 0.6 is 11.3 Å². The van der Waals surface area contributed by atoms with E-state index in [9.17, 15) is 0 Å². The molecule has 1 saturated carbocycles. The highest BCUT2D eigenvalue weighted by atomic mass is 32.1. The molecule has 0 saturated heterocycles. The predicted molar refractivity (Wildman–Crippen MR) is 90.3 cm³/mol. The van der Waals surface area contributed by atoms with E-state index >= 15 is 0 Å². The molecule has 0 spiro atoms. The van der Waals surface area contributed by atoms with Gasteiger partial charge in [-0.15, -0.1) is 11.3 Å². The summed E-state index contributed by atoms with van der Waals surface area (Å²) in [5, 5.41) is 1.41. The van der Waals surface area contributed by atoms with Gasteiger partial charge in [-0.3, -0.25) is 0 Å². The van der Waals surface area contributed by atoms with E-state index in [4.69, 9.17) is 5.73 Å². The largest absolute Gasteiger partial charge is 0.327 e. The number of rotatable bonds is 3. The van der Waals surface area contributed by atoms with E-state index in [-0.39, 0.29) is 0 Å². The molecule has 1 aliphatic carbocycles. The number of thiophene rings is 1. The fourth-order valence-electron chi connectivity index (χ4n) is 3.46. The van der Waals surface area contributed by atoms with Crippen molar-refractivity contribution in [3.8, 4) is 0 Å². The SMILES string of the molecule is C=C(c1sc2cc(C)ccc2c1CC)C1CCCC1N. The van der Waals surface area contributed by atoms with E-state index in [1.165, 1.54) is 44.5 Å². The van der Waals surface area contributed by atoms with E-state index in [1.54, 1.807) is 0 Å². The van der Waals surface area contributed by atoms with Crippen LogP contribution in [0.15, 0.2) is 24.8 Å². The Balaban J connectivity index is 2.08. The van der Waals surface area contributed by atoms with Crippen molar-refractivity contribution in [1.82, 2.24) is 0 Å². The summed E-state index contributed by atoms with van der Waals surface area (Å²) in [5.41, 5.74) is 10.4. The molecule has 2 aromatic rings. The zero-order valence-corrected chi connectivity index (χ0v) is 13.2. The van der Waals surface area contributed by atoms with Crippen molar-refractivity contribution in [1.29, 1.82) is 0 Å². The van der Waals surface area contributed by atoms with Gasteiger partial charge in [-0.25, -0.2) is 0 Å². The molecular weight excluding hydrogens is 262 g/mol. The number of benzene rings is 1. The first-order valence-corrected chi connectivity index (χ1v) is 8.40. The van der Waals surface area contributed by atoms with Crippen LogP contribution in [0.2, 0.25) is 0 Å². The van der Waals surface area contributed by atoms with Gasteiger partial charge in [0.25, 0.3) is 0 Å². The molecule has 2 heteroatoms. The number of aryl methyl sites for hydroxylation is 2. The molecule has 1 aromatic carbocycles. The second-order valence-electron chi connectivity index (χ2n) is 5.99. The summed E-state index contributed by atoms with van der Waals surface area (Å²) < 4.78 is 1.39. The average molecular weight is 285 g/mol. The first-order valence-electron chi connectivity index (χ1n) is 7.58. The van der Waals surface area contributed by atoms with Gasteiger partial charge in [0, 0.05) is 15.6 Å². The summed E-state index contributed by atoms with van der Waals surface area (Å²) >= 11 is 1.90. The summed E-state index contributed by atoms with van der Waals surface area (Å²) in [6.07, 6.45) is 4.67. The normalized spacial score (nSPS) is 22.6. The Morgan fingerprint density at radius 1 is 1.40 bits per heavy atom. The maximum atomic E-state index is 6.27. The maximum Gasteiger partial charge on any atom is 0.0354 e. The van der Waals surface area contributed by atoms with Crippen molar-refractivity contribution in [3.05, 3.63) is 40.8 Å². The van der Waals surface area contributed by atoms with Crippen LogP contribution in [0.25, 0.3) is 15.7 Å². The highest BCUT2D eigenvalue weighted by Gasteiger charge is 2.28. The number of hydrogen-bond donors (Lipinski definition) is 1. The molecule has 1 heterocycles. The molecular formula is C18H23NS. The van der Waals surface area contributed by atoms with Crippen LogP contribution in [-0.4, -0.2) is 6.04 Å². The average Bonchev–Trinajstić information content (AvgIpc) is 3.00. The van der Waals surface area contributed by atoms with Crippen LogP contribution in [0.3, 0.4) is 0 Å². The van der Waals surface area contributed by atoms with E-state index in [2.05, 4.69) is 38.6 Å². The van der Waals surface area contributed by atoms with E-state index in [0.29, 0.717) is 12.0 Å². The molecule has 0 radical (unpaired) electrons. The highest BCUT2D eigenvalue weighted by Crippen LogP contribution is 2.42. The molecule has 1 aliphatic rings. The Hall–Kier alpha value is -1.12. The van der Waals surface area contributed by atoms with E-state index in [0.717, 1.165) is 12.8 Å². The lowest BCUT2D eigenvalue weighted by molar-refractivity contribution is 0.598. The molecule has 1 fully saturated rings. The van der Waals surface area contributed by atoms with Crippen molar-refractivity contribution in [2.24, 2.45) is 11.7 Å². The van der Waals surface area contributed by atoms with E-state index < -0.39 is 0 Å². The standard InChI is InChI=1S/C18H23NS/c1-4-13-15-9-8-11(2)10-17(15)20-18(13)12(3)14-6-5-7-16(14)19/h8-10,14,16H,3-7,19H2,1-2H3. The molecule has 2 N–H and O–H groups in total. The third-order valence-corrected chi connectivity index (χ3v) is 5.88. The van der Waals surface area contributed by atoms with E-state index in [1.807, 2.05) is 11.3 Å². The Morgan fingerprint density at radius 2 is 2.20 bits per heavy atom. The molecule has 2 unspecified atom stereocenters. The second kappa shape index (κ2) is 5.34. The van der Waals surface area contributed by atoms with Gasteiger partial charge in [0.05, 0.1) is 0 Å². The van der Waals surface area contributed by atoms with Gasteiger partial charge >= 0.3 is 0 Å². The van der Waals surface area contributed by atoms with Crippen molar-refractivity contribution in [3.63, 3.8) is 0 Å². The van der Waals surface area contributed by atoms with Gasteiger partial charge in [0.1, 0.15) is 0 Å². The fourth-order valence-corrected chi connectivity index (χ4v) is 4.88. The monoisotopic (exact) mass is 285 g/mol. The minimum absolute atomic E-state index is 0.305. The topological polar surface area (TPSA) is 26.0 Å². The molecule has 20 heavy (non-hydrogen) atoms. The minimum atomic E-state index is 0.305. The Bertz CT molecular complexity index is 653. The van der Waals surface area contributed by atoms with Crippen LogP contribution in [-0.2, 0) is 6.42 Å². The number of hydrogen-bond acceptors (Lipinski definition) is 2. The number of fused-ring (bicyclic) bond motifs is 1. The van der Waals surface area contributed by atoms with Crippen LogP contribution in [0.5, 0.6) is 0 Å².